The number of nitrogens with one attached hydrogen (secondary N) is 1. The first kappa shape index (κ1) is 19.4. The fourth-order valence-corrected chi connectivity index (χ4v) is 3.43. The summed E-state index contributed by atoms with van der Waals surface area (Å²) in [6.07, 6.45) is 4.67. The molecule has 4 heteroatoms. The molecule has 0 saturated carbocycles. The maximum Gasteiger partial charge on any atom is 0.255 e. The van der Waals surface area contributed by atoms with Crippen LogP contribution in [-0.2, 0) is 0 Å². The second kappa shape index (κ2) is 9.56. The molecule has 0 aliphatic rings. The number of fused-ring (bicyclic) bond motifs is 1. The van der Waals surface area contributed by atoms with E-state index in [1.807, 2.05) is 42.5 Å². The number of carbonyl (C=O) groups excluding carboxylic acids is 1. The van der Waals surface area contributed by atoms with Gasteiger partial charge in [0.1, 0.15) is 5.75 Å². The van der Waals surface area contributed by atoms with Gasteiger partial charge in [0.2, 0.25) is 0 Å². The van der Waals surface area contributed by atoms with Crippen LogP contribution in [0.15, 0.2) is 65.1 Å². The Morgan fingerprint density at radius 2 is 1.78 bits per heavy atom. The van der Waals surface area contributed by atoms with E-state index in [1.54, 1.807) is 12.1 Å². The Kier molecular flexibility index (Phi) is 6.88. The molecule has 0 radical (unpaired) electrons. The third kappa shape index (κ3) is 5.33. The van der Waals surface area contributed by atoms with Gasteiger partial charge >= 0.3 is 0 Å². The fourth-order valence-electron chi connectivity index (χ4n) is 2.94. The van der Waals surface area contributed by atoms with E-state index in [4.69, 9.17) is 4.74 Å². The largest absolute Gasteiger partial charge is 0.492 e. The summed E-state index contributed by atoms with van der Waals surface area (Å²) in [7, 11) is 0. The van der Waals surface area contributed by atoms with Gasteiger partial charge < -0.3 is 10.1 Å². The number of anilines is 1. The lowest BCUT2D eigenvalue weighted by Gasteiger charge is -2.10. The van der Waals surface area contributed by atoms with Crippen LogP contribution in [-0.4, -0.2) is 12.5 Å². The van der Waals surface area contributed by atoms with Gasteiger partial charge in [-0.1, -0.05) is 56.5 Å². The van der Waals surface area contributed by atoms with Crippen LogP contribution in [0, 0.1) is 0 Å². The van der Waals surface area contributed by atoms with Gasteiger partial charge in [-0.2, -0.15) is 0 Å². The number of amides is 1. The van der Waals surface area contributed by atoms with Crippen molar-refractivity contribution >= 4 is 38.3 Å². The maximum atomic E-state index is 12.6. The Morgan fingerprint density at radius 3 is 2.56 bits per heavy atom. The van der Waals surface area contributed by atoms with Gasteiger partial charge in [0.15, 0.2) is 0 Å². The highest BCUT2D eigenvalue weighted by Crippen LogP contribution is 2.27. The van der Waals surface area contributed by atoms with Crippen LogP contribution in [0.2, 0.25) is 0 Å². The average Bonchev–Trinajstić information content (AvgIpc) is 2.68. The van der Waals surface area contributed by atoms with Gasteiger partial charge in [-0.3, -0.25) is 4.79 Å². The monoisotopic (exact) mass is 425 g/mol. The Balaban J connectivity index is 1.63. The normalized spacial score (nSPS) is 10.7. The van der Waals surface area contributed by atoms with Crippen molar-refractivity contribution in [1.82, 2.24) is 0 Å². The van der Waals surface area contributed by atoms with Crippen LogP contribution in [0.1, 0.15) is 43.0 Å². The average molecular weight is 426 g/mol. The Bertz CT molecular complexity index is 923. The molecule has 0 unspecified atom stereocenters. The molecule has 0 fully saturated rings. The second-order valence-electron chi connectivity index (χ2n) is 6.57. The summed E-state index contributed by atoms with van der Waals surface area (Å²) in [4.78, 5) is 12.6. The zero-order chi connectivity index (χ0) is 19.1. The van der Waals surface area contributed by atoms with E-state index in [9.17, 15) is 4.79 Å². The van der Waals surface area contributed by atoms with E-state index >= 15 is 0 Å². The second-order valence-corrected chi connectivity index (χ2v) is 7.42. The number of unbranched alkanes of at least 4 members (excludes halogenated alkanes) is 3. The molecule has 1 N–H and O–H groups in total. The van der Waals surface area contributed by atoms with Crippen molar-refractivity contribution in [2.75, 3.05) is 11.9 Å². The molecular weight excluding hydrogens is 402 g/mol. The lowest BCUT2D eigenvalue weighted by atomic mass is 10.1. The minimum absolute atomic E-state index is 0.138. The van der Waals surface area contributed by atoms with E-state index in [-0.39, 0.29) is 5.91 Å². The smallest absolute Gasteiger partial charge is 0.255 e. The van der Waals surface area contributed by atoms with E-state index in [1.165, 1.54) is 19.3 Å². The van der Waals surface area contributed by atoms with E-state index in [0.717, 1.165) is 33.1 Å². The standard InChI is InChI=1S/C23H24BrNO2/c1-2-3-4-7-14-27-22-13-11-19(16-21(22)24)23(26)25-20-12-10-17-8-5-6-9-18(17)15-20/h5-6,8-13,15-16H,2-4,7,14H2,1H3,(H,25,26). The molecule has 3 nitrogen and oxygen atoms in total. The van der Waals surface area contributed by atoms with Gasteiger partial charge in [0.05, 0.1) is 11.1 Å². The van der Waals surface area contributed by atoms with Crippen molar-refractivity contribution in [2.24, 2.45) is 0 Å². The molecule has 0 saturated heterocycles. The third-order valence-electron chi connectivity index (χ3n) is 4.46. The SMILES string of the molecule is CCCCCCOc1ccc(C(=O)Nc2ccc3ccccc3c2)cc1Br. The lowest BCUT2D eigenvalue weighted by molar-refractivity contribution is 0.102. The summed E-state index contributed by atoms with van der Waals surface area (Å²) in [5.41, 5.74) is 1.37. The molecule has 140 valence electrons. The molecule has 3 rings (SSSR count). The molecule has 0 spiro atoms. The quantitative estimate of drug-likeness (QED) is 0.402. The Hall–Kier alpha value is -2.33. The van der Waals surface area contributed by atoms with Crippen LogP contribution in [0.25, 0.3) is 10.8 Å². The highest BCUT2D eigenvalue weighted by Gasteiger charge is 2.10. The third-order valence-corrected chi connectivity index (χ3v) is 5.08. The molecule has 0 aromatic heterocycles. The van der Waals surface area contributed by atoms with Crippen LogP contribution < -0.4 is 10.1 Å². The fraction of sp³-hybridized carbons (Fsp3) is 0.261. The first-order valence-corrected chi connectivity index (χ1v) is 10.2. The highest BCUT2D eigenvalue weighted by molar-refractivity contribution is 9.10. The Labute approximate surface area is 168 Å². The molecule has 0 heterocycles. The number of benzene rings is 3. The predicted molar refractivity (Wildman–Crippen MR) is 116 cm³/mol. The van der Waals surface area contributed by atoms with Gasteiger partial charge in [-0.25, -0.2) is 0 Å². The predicted octanol–water partition coefficient (Wildman–Crippen LogP) is 6.81. The zero-order valence-corrected chi connectivity index (χ0v) is 17.1. The molecule has 27 heavy (non-hydrogen) atoms. The minimum Gasteiger partial charge on any atom is -0.492 e. The van der Waals surface area contributed by atoms with Crippen LogP contribution >= 0.6 is 15.9 Å². The number of ether oxygens (including phenoxy) is 1. The number of hydrogen-bond donors (Lipinski definition) is 1. The Morgan fingerprint density at radius 1 is 0.963 bits per heavy atom. The zero-order valence-electron chi connectivity index (χ0n) is 15.5. The van der Waals surface area contributed by atoms with Gasteiger partial charge in [0.25, 0.3) is 5.91 Å². The number of carbonyl (C=O) groups is 1. The molecule has 0 aliphatic carbocycles. The summed E-state index contributed by atoms with van der Waals surface area (Å²) in [6, 6.07) is 19.4. The van der Waals surface area contributed by atoms with Crippen molar-refractivity contribution in [3.8, 4) is 5.75 Å². The minimum atomic E-state index is -0.138. The topological polar surface area (TPSA) is 38.3 Å². The number of hydrogen-bond acceptors (Lipinski definition) is 2. The maximum absolute atomic E-state index is 12.6. The summed E-state index contributed by atoms with van der Waals surface area (Å²) < 4.78 is 6.60. The lowest BCUT2D eigenvalue weighted by Crippen LogP contribution is -2.12. The molecule has 3 aromatic rings. The van der Waals surface area contributed by atoms with Crippen molar-refractivity contribution in [3.63, 3.8) is 0 Å². The van der Waals surface area contributed by atoms with Gasteiger partial charge in [-0.05, 0) is 63.5 Å². The molecule has 0 bridgehead atoms. The molecule has 0 atom stereocenters. The number of rotatable bonds is 8. The van der Waals surface area contributed by atoms with Crippen molar-refractivity contribution in [1.29, 1.82) is 0 Å². The molecule has 1 amide bonds. The first-order chi connectivity index (χ1) is 13.2. The van der Waals surface area contributed by atoms with Crippen LogP contribution in [0.3, 0.4) is 0 Å². The molecular formula is C23H24BrNO2. The molecule has 3 aromatic carbocycles. The summed E-state index contributed by atoms with van der Waals surface area (Å²) in [6.45, 7) is 2.89. The first-order valence-electron chi connectivity index (χ1n) is 9.40. The van der Waals surface area contributed by atoms with Crippen LogP contribution in [0.5, 0.6) is 5.75 Å². The molecule has 0 aliphatic heterocycles. The highest BCUT2D eigenvalue weighted by atomic mass is 79.9. The van der Waals surface area contributed by atoms with Crippen molar-refractivity contribution < 1.29 is 9.53 Å². The van der Waals surface area contributed by atoms with Gasteiger partial charge in [-0.15, -0.1) is 0 Å². The summed E-state index contributed by atoms with van der Waals surface area (Å²) >= 11 is 3.51. The summed E-state index contributed by atoms with van der Waals surface area (Å²) in [5, 5.41) is 5.21. The van der Waals surface area contributed by atoms with Crippen molar-refractivity contribution in [3.05, 3.63) is 70.7 Å². The van der Waals surface area contributed by atoms with Gasteiger partial charge in [0, 0.05) is 11.3 Å². The van der Waals surface area contributed by atoms with Crippen molar-refractivity contribution in [2.45, 2.75) is 32.6 Å². The van der Waals surface area contributed by atoms with E-state index in [0.29, 0.717) is 12.2 Å². The van der Waals surface area contributed by atoms with E-state index in [2.05, 4.69) is 34.2 Å². The van der Waals surface area contributed by atoms with E-state index < -0.39 is 0 Å². The summed E-state index contributed by atoms with van der Waals surface area (Å²) in [5.74, 6) is 0.634. The number of halogens is 1. The van der Waals surface area contributed by atoms with Crippen LogP contribution in [0.4, 0.5) is 5.69 Å².